The number of nitrogens with zero attached hydrogens (tertiary/aromatic N) is 1. The molecule has 0 unspecified atom stereocenters. The number of carboxylic acids is 1. The average molecular weight is 284 g/mol. The molecule has 0 saturated carbocycles. The molecule has 0 aromatic carbocycles. The first kappa shape index (κ1) is 16.8. The standard InChI is InChI=1S/C15H28N2O3/c1-4-7-12(13(18)19)16-14(20)17-10-8-15(5-2,6-3)9-11-17/h12H,4-11H2,1-3H3,(H,16,20)(H,18,19)/t12-/m0/s1. The Balaban J connectivity index is 2.52. The highest BCUT2D eigenvalue weighted by atomic mass is 16.4. The molecule has 5 heteroatoms. The Morgan fingerprint density at radius 3 is 2.15 bits per heavy atom. The molecule has 0 aliphatic carbocycles. The predicted molar refractivity (Wildman–Crippen MR) is 78.7 cm³/mol. The van der Waals surface area contributed by atoms with Gasteiger partial charge in [0.1, 0.15) is 6.04 Å². The average Bonchev–Trinajstić information content (AvgIpc) is 2.46. The highest BCUT2D eigenvalue weighted by Crippen LogP contribution is 2.37. The maximum Gasteiger partial charge on any atom is 0.326 e. The van der Waals surface area contributed by atoms with Gasteiger partial charge in [0.05, 0.1) is 0 Å². The molecule has 2 amide bonds. The van der Waals surface area contributed by atoms with Crippen LogP contribution in [-0.2, 0) is 4.79 Å². The zero-order valence-electron chi connectivity index (χ0n) is 12.9. The van der Waals surface area contributed by atoms with Crippen molar-refractivity contribution in [2.45, 2.75) is 65.3 Å². The first-order valence-electron chi connectivity index (χ1n) is 7.76. The minimum atomic E-state index is -0.950. The van der Waals surface area contributed by atoms with Crippen molar-refractivity contribution in [3.8, 4) is 0 Å². The summed E-state index contributed by atoms with van der Waals surface area (Å²) in [4.78, 5) is 25.0. The summed E-state index contributed by atoms with van der Waals surface area (Å²) >= 11 is 0. The van der Waals surface area contributed by atoms with Gasteiger partial charge >= 0.3 is 12.0 Å². The summed E-state index contributed by atoms with van der Waals surface area (Å²) in [5.41, 5.74) is 0.367. The van der Waals surface area contributed by atoms with Crippen LogP contribution in [0.2, 0.25) is 0 Å². The monoisotopic (exact) mass is 284 g/mol. The maximum atomic E-state index is 12.1. The van der Waals surface area contributed by atoms with Crippen LogP contribution in [0.15, 0.2) is 0 Å². The Kier molecular flexibility index (Phi) is 6.30. The van der Waals surface area contributed by atoms with Crippen molar-refractivity contribution in [1.29, 1.82) is 0 Å². The van der Waals surface area contributed by atoms with Crippen molar-refractivity contribution in [3.63, 3.8) is 0 Å². The predicted octanol–water partition coefficient (Wildman–Crippen LogP) is 2.85. The van der Waals surface area contributed by atoms with E-state index in [2.05, 4.69) is 19.2 Å². The number of amides is 2. The molecule has 1 heterocycles. The van der Waals surface area contributed by atoms with Crippen molar-refractivity contribution in [2.24, 2.45) is 5.41 Å². The van der Waals surface area contributed by atoms with Gasteiger partial charge in [0.15, 0.2) is 0 Å². The SMILES string of the molecule is CCC[C@H](NC(=O)N1CCC(CC)(CC)CC1)C(=O)O. The number of carbonyl (C=O) groups excluding carboxylic acids is 1. The minimum absolute atomic E-state index is 0.230. The molecule has 0 bridgehead atoms. The number of urea groups is 1. The molecule has 2 N–H and O–H groups in total. The van der Waals surface area contributed by atoms with Crippen LogP contribution in [0.5, 0.6) is 0 Å². The van der Waals surface area contributed by atoms with Crippen LogP contribution in [0.25, 0.3) is 0 Å². The quantitative estimate of drug-likeness (QED) is 0.788. The van der Waals surface area contributed by atoms with Crippen molar-refractivity contribution >= 4 is 12.0 Å². The van der Waals surface area contributed by atoms with Crippen LogP contribution in [0.1, 0.15) is 59.3 Å². The lowest BCUT2D eigenvalue weighted by Gasteiger charge is -2.41. The van der Waals surface area contributed by atoms with E-state index in [0.29, 0.717) is 11.8 Å². The first-order valence-corrected chi connectivity index (χ1v) is 7.76. The van der Waals surface area contributed by atoms with Crippen molar-refractivity contribution in [2.75, 3.05) is 13.1 Å². The molecule has 0 aromatic rings. The molecule has 1 rings (SSSR count). The normalized spacial score (nSPS) is 19.4. The third-order valence-corrected chi connectivity index (χ3v) is 4.78. The fourth-order valence-electron chi connectivity index (χ4n) is 2.93. The van der Waals surface area contributed by atoms with Crippen LogP contribution in [0, 0.1) is 5.41 Å². The molecule has 5 nitrogen and oxygen atoms in total. The summed E-state index contributed by atoms with van der Waals surface area (Å²) in [5.74, 6) is -0.950. The lowest BCUT2D eigenvalue weighted by Crippen LogP contribution is -2.51. The molecule has 1 aliphatic heterocycles. The van der Waals surface area contributed by atoms with Crippen molar-refractivity contribution < 1.29 is 14.7 Å². The molecule has 1 fully saturated rings. The number of carbonyl (C=O) groups is 2. The summed E-state index contributed by atoms with van der Waals surface area (Å²) in [6, 6.07) is -0.997. The number of aliphatic carboxylic acids is 1. The summed E-state index contributed by atoms with van der Waals surface area (Å²) < 4.78 is 0. The number of carboxylic acid groups (broad SMARTS) is 1. The van der Waals surface area contributed by atoms with Gasteiger partial charge in [-0.3, -0.25) is 0 Å². The molecule has 0 aromatic heterocycles. The van der Waals surface area contributed by atoms with Gasteiger partial charge in [0.25, 0.3) is 0 Å². The van der Waals surface area contributed by atoms with Crippen LogP contribution >= 0.6 is 0 Å². The highest BCUT2D eigenvalue weighted by molar-refractivity contribution is 5.82. The molecule has 1 atom stereocenters. The maximum absolute atomic E-state index is 12.1. The number of hydrogen-bond acceptors (Lipinski definition) is 2. The van der Waals surface area contributed by atoms with Crippen LogP contribution in [0.4, 0.5) is 4.79 Å². The van der Waals surface area contributed by atoms with Gasteiger partial charge in [-0.2, -0.15) is 0 Å². The largest absolute Gasteiger partial charge is 0.480 e. The Bertz CT molecular complexity index is 330. The molecule has 1 aliphatic rings. The third-order valence-electron chi connectivity index (χ3n) is 4.78. The summed E-state index contributed by atoms with van der Waals surface area (Å²) in [5, 5.41) is 11.7. The van der Waals surface area contributed by atoms with Gasteiger partial charge in [0.2, 0.25) is 0 Å². The third kappa shape index (κ3) is 4.12. The van der Waals surface area contributed by atoms with Gasteiger partial charge in [0, 0.05) is 13.1 Å². The molecule has 116 valence electrons. The molecule has 0 radical (unpaired) electrons. The van der Waals surface area contributed by atoms with Crippen molar-refractivity contribution in [1.82, 2.24) is 10.2 Å². The lowest BCUT2D eigenvalue weighted by atomic mass is 9.74. The van der Waals surface area contributed by atoms with E-state index in [1.54, 1.807) is 4.90 Å². The van der Waals surface area contributed by atoms with E-state index in [0.717, 1.165) is 45.2 Å². The fourth-order valence-corrected chi connectivity index (χ4v) is 2.93. The number of nitrogens with one attached hydrogen (secondary N) is 1. The second-order valence-electron chi connectivity index (χ2n) is 5.82. The Morgan fingerprint density at radius 2 is 1.75 bits per heavy atom. The van der Waals surface area contributed by atoms with Crippen LogP contribution in [-0.4, -0.2) is 41.1 Å². The highest BCUT2D eigenvalue weighted by Gasteiger charge is 2.33. The van der Waals surface area contributed by atoms with Crippen LogP contribution in [0.3, 0.4) is 0 Å². The number of likely N-dealkylation sites (tertiary alicyclic amines) is 1. The second-order valence-corrected chi connectivity index (χ2v) is 5.82. The van der Waals surface area contributed by atoms with Crippen molar-refractivity contribution in [3.05, 3.63) is 0 Å². The summed E-state index contributed by atoms with van der Waals surface area (Å²) in [7, 11) is 0. The Hall–Kier alpha value is -1.26. The van der Waals surface area contributed by atoms with E-state index in [1.165, 1.54) is 0 Å². The van der Waals surface area contributed by atoms with Gasteiger partial charge in [-0.1, -0.05) is 40.0 Å². The van der Waals surface area contributed by atoms with Crippen LogP contribution < -0.4 is 5.32 Å². The number of hydrogen-bond donors (Lipinski definition) is 2. The topological polar surface area (TPSA) is 69.6 Å². The Morgan fingerprint density at radius 1 is 1.20 bits per heavy atom. The van der Waals surface area contributed by atoms with Gasteiger partial charge in [-0.15, -0.1) is 0 Å². The van der Waals surface area contributed by atoms with Gasteiger partial charge < -0.3 is 15.3 Å². The molecule has 1 saturated heterocycles. The molecular formula is C15H28N2O3. The van der Waals surface area contributed by atoms with E-state index in [1.807, 2.05) is 6.92 Å². The fraction of sp³-hybridized carbons (Fsp3) is 0.867. The van der Waals surface area contributed by atoms with E-state index >= 15 is 0 Å². The lowest BCUT2D eigenvalue weighted by molar-refractivity contribution is -0.139. The van der Waals surface area contributed by atoms with E-state index in [9.17, 15) is 9.59 Å². The minimum Gasteiger partial charge on any atom is -0.480 e. The van der Waals surface area contributed by atoms with E-state index < -0.39 is 12.0 Å². The number of rotatable bonds is 6. The zero-order valence-corrected chi connectivity index (χ0v) is 12.9. The first-order chi connectivity index (χ1) is 9.48. The zero-order chi connectivity index (χ0) is 15.2. The summed E-state index contributed by atoms with van der Waals surface area (Å²) in [6.07, 6.45) is 5.53. The number of piperidine rings is 1. The molecular weight excluding hydrogens is 256 g/mol. The van der Waals surface area contributed by atoms with Gasteiger partial charge in [-0.25, -0.2) is 9.59 Å². The second kappa shape index (κ2) is 7.50. The molecule has 0 spiro atoms. The van der Waals surface area contributed by atoms with E-state index in [-0.39, 0.29) is 6.03 Å². The molecule has 20 heavy (non-hydrogen) atoms. The van der Waals surface area contributed by atoms with Gasteiger partial charge in [-0.05, 0) is 24.7 Å². The van der Waals surface area contributed by atoms with E-state index in [4.69, 9.17) is 5.11 Å². The Labute approximate surface area is 121 Å². The summed E-state index contributed by atoms with van der Waals surface area (Å²) in [6.45, 7) is 7.79. The smallest absolute Gasteiger partial charge is 0.326 e.